The number of hydrogen-bond acceptors (Lipinski definition) is 5. The van der Waals surface area contributed by atoms with E-state index in [1.807, 2.05) is 0 Å². The van der Waals surface area contributed by atoms with Crippen LogP contribution in [0.15, 0.2) is 23.1 Å². The van der Waals surface area contributed by atoms with Crippen LogP contribution in [0, 0.1) is 0 Å². The van der Waals surface area contributed by atoms with E-state index in [2.05, 4.69) is 10.0 Å². The lowest BCUT2D eigenvalue weighted by Gasteiger charge is -2.11. The van der Waals surface area contributed by atoms with Crippen LogP contribution in [0.3, 0.4) is 0 Å². The molecule has 0 fully saturated rings. The van der Waals surface area contributed by atoms with Crippen LogP contribution in [0.25, 0.3) is 0 Å². The molecule has 1 aliphatic heterocycles. The first-order chi connectivity index (χ1) is 11.3. The maximum Gasteiger partial charge on any atom is 0.241 e. The van der Waals surface area contributed by atoms with Gasteiger partial charge in [0.05, 0.1) is 17.9 Å². The average Bonchev–Trinajstić information content (AvgIpc) is 2.84. The molecule has 0 atom stereocenters. The van der Waals surface area contributed by atoms with Gasteiger partial charge in [-0.15, -0.1) is 0 Å². The van der Waals surface area contributed by atoms with Crippen LogP contribution in [0.2, 0.25) is 0 Å². The molecule has 132 valence electrons. The van der Waals surface area contributed by atoms with Crippen molar-refractivity contribution in [1.82, 2.24) is 10.0 Å². The van der Waals surface area contributed by atoms with Crippen molar-refractivity contribution in [2.75, 3.05) is 38.8 Å². The quantitative estimate of drug-likeness (QED) is 0.620. The summed E-state index contributed by atoms with van der Waals surface area (Å²) in [6.45, 7) is 0.598. The molecular formula is C15H21N3O5S. The van der Waals surface area contributed by atoms with Gasteiger partial charge in [-0.2, -0.15) is 0 Å². The Morgan fingerprint density at radius 3 is 2.83 bits per heavy atom. The van der Waals surface area contributed by atoms with Crippen molar-refractivity contribution in [2.24, 2.45) is 0 Å². The zero-order chi connectivity index (χ0) is 17.7. The molecule has 24 heavy (non-hydrogen) atoms. The smallest absolute Gasteiger partial charge is 0.241 e. The SMILES string of the molecule is COCCCNC(=O)CNS(=O)(=O)c1ccc2c(c1)CC(=O)N2C. The summed E-state index contributed by atoms with van der Waals surface area (Å²) in [5, 5.41) is 2.60. The predicted molar refractivity (Wildman–Crippen MR) is 88.2 cm³/mol. The molecule has 2 rings (SSSR count). The first-order valence-corrected chi connectivity index (χ1v) is 8.98. The Morgan fingerprint density at radius 1 is 1.38 bits per heavy atom. The molecule has 0 saturated carbocycles. The summed E-state index contributed by atoms with van der Waals surface area (Å²) in [6, 6.07) is 4.49. The minimum Gasteiger partial charge on any atom is -0.385 e. The van der Waals surface area contributed by atoms with Crippen molar-refractivity contribution in [3.63, 3.8) is 0 Å². The van der Waals surface area contributed by atoms with E-state index in [0.29, 0.717) is 30.8 Å². The number of likely N-dealkylation sites (N-methyl/N-ethyl adjacent to an activating group) is 1. The normalized spacial score (nSPS) is 13.9. The molecule has 0 aromatic heterocycles. The van der Waals surface area contributed by atoms with Gasteiger partial charge in [0, 0.05) is 33.0 Å². The molecule has 1 heterocycles. The zero-order valence-corrected chi connectivity index (χ0v) is 14.5. The van der Waals surface area contributed by atoms with Crippen LogP contribution in [-0.4, -0.2) is 54.1 Å². The number of anilines is 1. The number of carbonyl (C=O) groups is 2. The number of ether oxygens (including phenoxy) is 1. The Morgan fingerprint density at radius 2 is 2.12 bits per heavy atom. The molecule has 9 heteroatoms. The molecule has 1 aromatic rings. The number of rotatable bonds is 8. The van der Waals surface area contributed by atoms with E-state index >= 15 is 0 Å². The standard InChI is InChI=1S/C15H21N3O5S/c1-18-13-5-4-12(8-11(13)9-15(18)20)24(21,22)17-10-14(19)16-6-3-7-23-2/h4-5,8,17H,3,6-7,9-10H2,1-2H3,(H,16,19). The van der Waals surface area contributed by atoms with E-state index < -0.39 is 15.9 Å². The second kappa shape index (κ2) is 7.73. The van der Waals surface area contributed by atoms with Gasteiger partial charge in [-0.05, 0) is 30.2 Å². The van der Waals surface area contributed by atoms with Crippen LogP contribution in [0.4, 0.5) is 5.69 Å². The van der Waals surface area contributed by atoms with Gasteiger partial charge in [0.2, 0.25) is 21.8 Å². The molecular weight excluding hydrogens is 334 g/mol. The molecule has 8 nitrogen and oxygen atoms in total. The van der Waals surface area contributed by atoms with Crippen molar-refractivity contribution < 1.29 is 22.7 Å². The highest BCUT2D eigenvalue weighted by atomic mass is 32.2. The Kier molecular flexibility index (Phi) is 5.92. The third kappa shape index (κ3) is 4.31. The topological polar surface area (TPSA) is 105 Å². The molecule has 1 aliphatic rings. The van der Waals surface area contributed by atoms with Crippen molar-refractivity contribution in [2.45, 2.75) is 17.7 Å². The summed E-state index contributed by atoms with van der Waals surface area (Å²) >= 11 is 0. The Hall–Kier alpha value is -1.97. The summed E-state index contributed by atoms with van der Waals surface area (Å²) < 4.78 is 31.6. The van der Waals surface area contributed by atoms with Crippen LogP contribution in [0.5, 0.6) is 0 Å². The van der Waals surface area contributed by atoms with Gasteiger partial charge in [-0.1, -0.05) is 0 Å². The molecule has 0 unspecified atom stereocenters. The Labute approximate surface area is 141 Å². The highest BCUT2D eigenvalue weighted by Crippen LogP contribution is 2.29. The molecule has 0 aliphatic carbocycles. The number of benzene rings is 1. The third-order valence-corrected chi connectivity index (χ3v) is 5.11. The number of hydrogen-bond donors (Lipinski definition) is 2. The number of sulfonamides is 1. The fourth-order valence-electron chi connectivity index (χ4n) is 2.36. The number of methoxy groups -OCH3 is 1. The first-order valence-electron chi connectivity index (χ1n) is 7.50. The fraction of sp³-hybridized carbons (Fsp3) is 0.467. The van der Waals surface area contributed by atoms with Crippen LogP contribution < -0.4 is 14.9 Å². The van der Waals surface area contributed by atoms with Gasteiger partial charge in [0.15, 0.2) is 0 Å². The van der Waals surface area contributed by atoms with Gasteiger partial charge in [-0.25, -0.2) is 13.1 Å². The monoisotopic (exact) mass is 355 g/mol. The summed E-state index contributed by atoms with van der Waals surface area (Å²) in [5.41, 5.74) is 1.37. The third-order valence-electron chi connectivity index (χ3n) is 3.71. The van der Waals surface area contributed by atoms with Gasteiger partial charge in [0.1, 0.15) is 0 Å². The summed E-state index contributed by atoms with van der Waals surface area (Å²) in [7, 11) is -0.598. The Balaban J connectivity index is 1.95. The van der Waals surface area contributed by atoms with Gasteiger partial charge >= 0.3 is 0 Å². The van der Waals surface area contributed by atoms with E-state index in [1.54, 1.807) is 20.2 Å². The van der Waals surface area contributed by atoms with Gasteiger partial charge < -0.3 is 15.0 Å². The molecule has 0 spiro atoms. The number of amides is 2. The molecule has 0 saturated heterocycles. The van der Waals surface area contributed by atoms with Crippen molar-refractivity contribution >= 4 is 27.5 Å². The average molecular weight is 355 g/mol. The van der Waals surface area contributed by atoms with Gasteiger partial charge in [-0.3, -0.25) is 9.59 Å². The van der Waals surface area contributed by atoms with Crippen molar-refractivity contribution in [3.8, 4) is 0 Å². The maximum absolute atomic E-state index is 12.3. The number of carbonyl (C=O) groups excluding carboxylic acids is 2. The summed E-state index contributed by atoms with van der Waals surface area (Å²) in [4.78, 5) is 24.8. The lowest BCUT2D eigenvalue weighted by molar-refractivity contribution is -0.120. The number of nitrogens with one attached hydrogen (secondary N) is 2. The maximum atomic E-state index is 12.3. The van der Waals surface area contributed by atoms with E-state index in [1.165, 1.54) is 17.0 Å². The number of fused-ring (bicyclic) bond motifs is 1. The molecule has 1 aromatic carbocycles. The van der Waals surface area contributed by atoms with Crippen molar-refractivity contribution in [1.29, 1.82) is 0 Å². The van der Waals surface area contributed by atoms with E-state index in [9.17, 15) is 18.0 Å². The lowest BCUT2D eigenvalue weighted by Crippen LogP contribution is -2.37. The first kappa shape index (κ1) is 18.4. The van der Waals surface area contributed by atoms with Crippen LogP contribution >= 0.6 is 0 Å². The van der Waals surface area contributed by atoms with Crippen molar-refractivity contribution in [3.05, 3.63) is 23.8 Å². The minimum absolute atomic E-state index is 0.0385. The molecule has 2 amide bonds. The molecule has 0 bridgehead atoms. The van der Waals surface area contributed by atoms with E-state index in [-0.39, 0.29) is 23.8 Å². The Bertz CT molecular complexity index is 733. The summed E-state index contributed by atoms with van der Waals surface area (Å²) in [5.74, 6) is -0.492. The number of nitrogens with zero attached hydrogens (tertiary/aromatic N) is 1. The predicted octanol–water partition coefficient (Wildman–Crippen LogP) is -0.363. The second-order valence-corrected chi connectivity index (χ2v) is 7.21. The second-order valence-electron chi connectivity index (χ2n) is 5.44. The van der Waals surface area contributed by atoms with Gasteiger partial charge in [0.25, 0.3) is 0 Å². The minimum atomic E-state index is -3.81. The van der Waals surface area contributed by atoms with Crippen LogP contribution in [-0.2, 0) is 30.8 Å². The lowest BCUT2D eigenvalue weighted by atomic mass is 10.2. The molecule has 2 N–H and O–H groups in total. The highest BCUT2D eigenvalue weighted by molar-refractivity contribution is 7.89. The zero-order valence-electron chi connectivity index (χ0n) is 13.7. The fourth-order valence-corrected chi connectivity index (χ4v) is 3.40. The van der Waals surface area contributed by atoms with E-state index in [4.69, 9.17) is 4.74 Å². The summed E-state index contributed by atoms with van der Waals surface area (Å²) in [6.07, 6.45) is 0.830. The van der Waals surface area contributed by atoms with Crippen LogP contribution in [0.1, 0.15) is 12.0 Å². The molecule has 0 radical (unpaired) electrons. The van der Waals surface area contributed by atoms with E-state index in [0.717, 1.165) is 0 Å². The highest BCUT2D eigenvalue weighted by Gasteiger charge is 2.26. The largest absolute Gasteiger partial charge is 0.385 e.